The summed E-state index contributed by atoms with van der Waals surface area (Å²) in [6.45, 7) is 6.82. The minimum atomic E-state index is 0.483. The molecule has 112 valence electrons. The van der Waals surface area contributed by atoms with E-state index >= 15 is 0 Å². The maximum atomic E-state index is 3.52. The van der Waals surface area contributed by atoms with Crippen LogP contribution in [0.3, 0.4) is 0 Å². The maximum absolute atomic E-state index is 3.52. The average Bonchev–Trinajstić information content (AvgIpc) is 2.43. The van der Waals surface area contributed by atoms with Crippen molar-refractivity contribution in [3.63, 3.8) is 0 Å². The van der Waals surface area contributed by atoms with Crippen LogP contribution in [0, 0.1) is 19.8 Å². The molecule has 1 N–H and O–H groups in total. The molecule has 0 spiro atoms. The smallest absolute Gasteiger partial charge is 0.0412 e. The van der Waals surface area contributed by atoms with Crippen molar-refractivity contribution in [2.45, 2.75) is 57.7 Å². The maximum Gasteiger partial charge on any atom is 0.0412 e. The summed E-state index contributed by atoms with van der Waals surface area (Å²) in [5.41, 5.74) is 4.25. The molecular weight excluding hydrogens is 262 g/mol. The van der Waals surface area contributed by atoms with Crippen LogP contribution in [0.1, 0.15) is 55.3 Å². The van der Waals surface area contributed by atoms with Crippen molar-refractivity contribution in [2.75, 3.05) is 12.8 Å². The Morgan fingerprint density at radius 2 is 2.10 bits per heavy atom. The van der Waals surface area contributed by atoms with Gasteiger partial charge < -0.3 is 5.32 Å². The predicted molar refractivity (Wildman–Crippen MR) is 91.6 cm³/mol. The Kier molecular flexibility index (Phi) is 5.98. The van der Waals surface area contributed by atoms with E-state index in [0.717, 1.165) is 11.2 Å². The average molecular weight is 292 g/mol. The van der Waals surface area contributed by atoms with E-state index in [1.807, 2.05) is 0 Å². The summed E-state index contributed by atoms with van der Waals surface area (Å²) in [4.78, 5) is 0. The zero-order valence-corrected chi connectivity index (χ0v) is 14.2. The number of nitrogens with one attached hydrogen (secondary N) is 1. The van der Waals surface area contributed by atoms with Crippen LogP contribution in [0.25, 0.3) is 0 Å². The highest BCUT2D eigenvalue weighted by Gasteiger charge is 2.21. The lowest BCUT2D eigenvalue weighted by molar-refractivity contribution is 0.394. The molecule has 1 aromatic carbocycles. The Labute approximate surface area is 128 Å². The first-order valence-corrected chi connectivity index (χ1v) is 9.01. The monoisotopic (exact) mass is 291 g/mol. The predicted octanol–water partition coefficient (Wildman–Crippen LogP) is 4.88. The lowest BCUT2D eigenvalue weighted by Crippen LogP contribution is -2.23. The summed E-state index contributed by atoms with van der Waals surface area (Å²) < 4.78 is 0. The lowest BCUT2D eigenvalue weighted by Gasteiger charge is -2.28. The van der Waals surface area contributed by atoms with Gasteiger partial charge in [0.2, 0.25) is 0 Å². The number of hydrogen-bond donors (Lipinski definition) is 1. The minimum absolute atomic E-state index is 0.483. The van der Waals surface area contributed by atoms with Crippen LogP contribution in [-0.2, 0) is 0 Å². The second-order valence-corrected chi connectivity index (χ2v) is 7.76. The number of thioether (sulfide) groups is 1. The van der Waals surface area contributed by atoms with E-state index in [1.54, 1.807) is 0 Å². The Hall–Kier alpha value is -0.470. The molecule has 0 saturated heterocycles. The highest BCUT2D eigenvalue weighted by molar-refractivity contribution is 7.99. The Balaban J connectivity index is 1.96. The number of aryl methyl sites for hydroxylation is 2. The highest BCUT2D eigenvalue weighted by atomic mass is 32.2. The Bertz CT molecular complexity index is 429. The van der Waals surface area contributed by atoms with E-state index < -0.39 is 0 Å². The highest BCUT2D eigenvalue weighted by Crippen LogP contribution is 2.34. The molecule has 0 radical (unpaired) electrons. The second-order valence-electron chi connectivity index (χ2n) is 6.43. The second kappa shape index (κ2) is 7.51. The van der Waals surface area contributed by atoms with Crippen LogP contribution < -0.4 is 5.32 Å². The molecule has 1 aromatic rings. The van der Waals surface area contributed by atoms with Crippen LogP contribution in [0.5, 0.6) is 0 Å². The SMILES string of the molecule is CNC(CSC1CCCC(C)C1)c1cc(C)ccc1C. The van der Waals surface area contributed by atoms with Gasteiger partial charge in [0.15, 0.2) is 0 Å². The van der Waals surface area contributed by atoms with E-state index in [4.69, 9.17) is 0 Å². The van der Waals surface area contributed by atoms with Crippen LogP contribution in [0.15, 0.2) is 18.2 Å². The molecule has 1 saturated carbocycles. The van der Waals surface area contributed by atoms with Gasteiger partial charge in [0, 0.05) is 17.0 Å². The molecule has 3 unspecified atom stereocenters. The van der Waals surface area contributed by atoms with Crippen LogP contribution >= 0.6 is 11.8 Å². The van der Waals surface area contributed by atoms with Crippen LogP contribution in [0.2, 0.25) is 0 Å². The van der Waals surface area contributed by atoms with Crippen molar-refractivity contribution in [3.8, 4) is 0 Å². The van der Waals surface area contributed by atoms with Crippen molar-refractivity contribution in [1.29, 1.82) is 0 Å². The van der Waals surface area contributed by atoms with E-state index in [1.165, 1.54) is 48.1 Å². The Morgan fingerprint density at radius 3 is 2.80 bits per heavy atom. The van der Waals surface area contributed by atoms with Crippen molar-refractivity contribution in [1.82, 2.24) is 5.32 Å². The van der Waals surface area contributed by atoms with Gasteiger partial charge in [-0.3, -0.25) is 0 Å². The topological polar surface area (TPSA) is 12.0 Å². The van der Waals surface area contributed by atoms with E-state index in [9.17, 15) is 0 Å². The summed E-state index contributed by atoms with van der Waals surface area (Å²) in [7, 11) is 2.09. The van der Waals surface area contributed by atoms with Crippen molar-refractivity contribution < 1.29 is 0 Å². The van der Waals surface area contributed by atoms with Gasteiger partial charge in [-0.15, -0.1) is 0 Å². The molecule has 0 bridgehead atoms. The number of benzene rings is 1. The molecule has 1 fully saturated rings. The van der Waals surface area contributed by atoms with Gasteiger partial charge in [0.25, 0.3) is 0 Å². The molecule has 0 aliphatic heterocycles. The summed E-state index contributed by atoms with van der Waals surface area (Å²) in [5, 5.41) is 4.39. The molecule has 2 heteroatoms. The molecule has 3 atom stereocenters. The summed E-state index contributed by atoms with van der Waals surface area (Å²) in [5.74, 6) is 2.12. The van der Waals surface area contributed by atoms with Gasteiger partial charge in [0.1, 0.15) is 0 Å². The minimum Gasteiger partial charge on any atom is -0.312 e. The normalized spacial score (nSPS) is 24.6. The zero-order valence-electron chi connectivity index (χ0n) is 13.4. The largest absolute Gasteiger partial charge is 0.312 e. The fraction of sp³-hybridized carbons (Fsp3) is 0.667. The zero-order chi connectivity index (χ0) is 14.5. The molecule has 2 rings (SSSR count). The van der Waals surface area contributed by atoms with E-state index in [0.29, 0.717) is 6.04 Å². The van der Waals surface area contributed by atoms with Gasteiger partial charge in [-0.1, -0.05) is 43.5 Å². The summed E-state index contributed by atoms with van der Waals surface area (Å²) in [6.07, 6.45) is 5.68. The quantitative estimate of drug-likeness (QED) is 0.830. The third kappa shape index (κ3) is 4.26. The first-order valence-electron chi connectivity index (χ1n) is 7.96. The lowest BCUT2D eigenvalue weighted by atomic mass is 9.91. The third-order valence-electron chi connectivity index (χ3n) is 4.55. The third-order valence-corrected chi connectivity index (χ3v) is 5.97. The van der Waals surface area contributed by atoms with Gasteiger partial charge in [-0.2, -0.15) is 11.8 Å². The van der Waals surface area contributed by atoms with Crippen LogP contribution in [0.4, 0.5) is 0 Å². The molecular formula is C18H29NS. The van der Waals surface area contributed by atoms with Gasteiger partial charge in [-0.05, 0) is 50.8 Å². The van der Waals surface area contributed by atoms with E-state index in [-0.39, 0.29) is 0 Å². The summed E-state index contributed by atoms with van der Waals surface area (Å²) in [6, 6.07) is 7.29. The standard InChI is InChI=1S/C18H29NS/c1-13-6-5-7-16(10-13)20-12-18(19-4)17-11-14(2)8-9-15(17)3/h8-9,11,13,16,18-19H,5-7,10,12H2,1-4H3. The molecule has 1 aliphatic rings. The first kappa shape index (κ1) is 15.9. The van der Waals surface area contributed by atoms with Crippen molar-refractivity contribution in [2.24, 2.45) is 5.92 Å². The molecule has 0 heterocycles. The fourth-order valence-corrected chi connectivity index (χ4v) is 4.83. The first-order chi connectivity index (χ1) is 9.60. The number of hydrogen-bond acceptors (Lipinski definition) is 2. The van der Waals surface area contributed by atoms with Crippen molar-refractivity contribution >= 4 is 11.8 Å². The van der Waals surface area contributed by atoms with Crippen molar-refractivity contribution in [3.05, 3.63) is 34.9 Å². The molecule has 0 amide bonds. The molecule has 0 aromatic heterocycles. The fourth-order valence-electron chi connectivity index (χ4n) is 3.23. The molecule has 1 nitrogen and oxygen atoms in total. The summed E-state index contributed by atoms with van der Waals surface area (Å²) >= 11 is 2.18. The van der Waals surface area contributed by atoms with Gasteiger partial charge in [0.05, 0.1) is 0 Å². The van der Waals surface area contributed by atoms with Crippen LogP contribution in [-0.4, -0.2) is 18.1 Å². The van der Waals surface area contributed by atoms with Gasteiger partial charge in [-0.25, -0.2) is 0 Å². The van der Waals surface area contributed by atoms with Gasteiger partial charge >= 0.3 is 0 Å². The van der Waals surface area contributed by atoms with E-state index in [2.05, 4.69) is 63.1 Å². The Morgan fingerprint density at radius 1 is 1.30 bits per heavy atom. The molecule has 20 heavy (non-hydrogen) atoms. The number of rotatable bonds is 5. The molecule has 1 aliphatic carbocycles.